The van der Waals surface area contributed by atoms with Crippen LogP contribution in [0.3, 0.4) is 0 Å². The molecule has 0 saturated carbocycles. The summed E-state index contributed by atoms with van der Waals surface area (Å²) in [6.45, 7) is 10.3. The maximum Gasteiger partial charge on any atom is 0.297 e. The van der Waals surface area contributed by atoms with Crippen molar-refractivity contribution < 1.29 is 14.3 Å². The van der Waals surface area contributed by atoms with Crippen LogP contribution in [0.15, 0.2) is 35.5 Å². The van der Waals surface area contributed by atoms with E-state index in [4.69, 9.17) is 9.47 Å². The summed E-state index contributed by atoms with van der Waals surface area (Å²) < 4.78 is 15.9. The van der Waals surface area contributed by atoms with Crippen molar-refractivity contribution in [2.45, 2.75) is 40.3 Å². The lowest BCUT2D eigenvalue weighted by Crippen LogP contribution is -2.21. The Balaban J connectivity index is 2.06. The minimum Gasteiger partial charge on any atom is -0.494 e. The highest BCUT2D eigenvalue weighted by atomic mass is 32.1. The molecule has 0 unspecified atom stereocenters. The minimum atomic E-state index is -0.298. The maximum atomic E-state index is 12.8. The van der Waals surface area contributed by atoms with Crippen molar-refractivity contribution in [3.8, 4) is 5.75 Å². The Kier molecular flexibility index (Phi) is 6.64. The fourth-order valence-electron chi connectivity index (χ4n) is 2.95. The minimum absolute atomic E-state index is 0.0883. The molecule has 0 saturated heterocycles. The first-order chi connectivity index (χ1) is 13.5. The largest absolute Gasteiger partial charge is 0.494 e. The molecule has 0 fully saturated rings. The number of hydrogen-bond acceptors (Lipinski definition) is 5. The Hall–Kier alpha value is -2.45. The van der Waals surface area contributed by atoms with Gasteiger partial charge < -0.3 is 14.0 Å². The van der Waals surface area contributed by atoms with E-state index in [1.807, 2.05) is 50.5 Å². The normalized spacial score (nSPS) is 12.2. The van der Waals surface area contributed by atoms with Gasteiger partial charge in [-0.2, -0.15) is 10.1 Å². The zero-order valence-corrected chi connectivity index (χ0v) is 17.5. The predicted octanol–water partition coefficient (Wildman–Crippen LogP) is 3.66. The van der Waals surface area contributed by atoms with Gasteiger partial charge in [0.25, 0.3) is 5.91 Å². The monoisotopic (exact) mass is 402 g/mol. The molecular formula is C20H26N4O3S. The lowest BCUT2D eigenvalue weighted by atomic mass is 10.3. The number of benzene rings is 1. The van der Waals surface area contributed by atoms with Crippen LogP contribution in [-0.2, 0) is 11.3 Å². The van der Waals surface area contributed by atoms with Gasteiger partial charge in [0.15, 0.2) is 4.80 Å². The van der Waals surface area contributed by atoms with Gasteiger partial charge in [-0.3, -0.25) is 9.48 Å². The lowest BCUT2D eigenvalue weighted by molar-refractivity contribution is 0.0984. The average molecular weight is 403 g/mol. The zero-order valence-electron chi connectivity index (χ0n) is 16.7. The van der Waals surface area contributed by atoms with Gasteiger partial charge in [0, 0.05) is 25.4 Å². The average Bonchev–Trinajstić information content (AvgIpc) is 3.27. The van der Waals surface area contributed by atoms with Gasteiger partial charge in [-0.1, -0.05) is 11.3 Å². The molecule has 1 aromatic carbocycles. The van der Waals surface area contributed by atoms with Crippen LogP contribution in [0.2, 0.25) is 0 Å². The van der Waals surface area contributed by atoms with Gasteiger partial charge in [0.2, 0.25) is 0 Å². The summed E-state index contributed by atoms with van der Waals surface area (Å²) >= 11 is 1.47. The molecule has 8 heteroatoms. The highest BCUT2D eigenvalue weighted by Crippen LogP contribution is 2.23. The van der Waals surface area contributed by atoms with Crippen molar-refractivity contribution in [2.75, 3.05) is 19.8 Å². The topological polar surface area (TPSA) is 70.6 Å². The summed E-state index contributed by atoms with van der Waals surface area (Å²) in [6.07, 6.45) is 1.63. The van der Waals surface area contributed by atoms with Gasteiger partial charge in [-0.05, 0) is 52.0 Å². The molecule has 0 radical (unpaired) electrons. The van der Waals surface area contributed by atoms with E-state index in [0.29, 0.717) is 36.9 Å². The van der Waals surface area contributed by atoms with Crippen LogP contribution in [0.4, 0.5) is 0 Å². The van der Waals surface area contributed by atoms with Crippen LogP contribution in [0, 0.1) is 0 Å². The van der Waals surface area contributed by atoms with Crippen LogP contribution in [0.1, 0.15) is 44.2 Å². The van der Waals surface area contributed by atoms with Crippen LogP contribution >= 0.6 is 11.3 Å². The first kappa shape index (κ1) is 20.3. The van der Waals surface area contributed by atoms with Crippen LogP contribution in [0.5, 0.6) is 5.75 Å². The van der Waals surface area contributed by atoms with Gasteiger partial charge in [-0.15, -0.1) is 0 Å². The number of nitrogens with zero attached hydrogens (tertiary/aromatic N) is 4. The fraction of sp³-hybridized carbons (Fsp3) is 0.450. The Morgan fingerprint density at radius 1 is 1.25 bits per heavy atom. The summed E-state index contributed by atoms with van der Waals surface area (Å²) in [5.41, 5.74) is 1.50. The van der Waals surface area contributed by atoms with Crippen molar-refractivity contribution in [1.82, 2.24) is 14.3 Å². The summed E-state index contributed by atoms with van der Waals surface area (Å²) in [5, 5.41) is 4.23. The van der Waals surface area contributed by atoms with E-state index in [1.165, 1.54) is 11.3 Å². The number of carbonyl (C=O) groups is 1. The third-order valence-electron chi connectivity index (χ3n) is 4.20. The highest BCUT2D eigenvalue weighted by Gasteiger charge is 2.15. The number of amides is 1. The van der Waals surface area contributed by atoms with E-state index in [9.17, 15) is 4.79 Å². The van der Waals surface area contributed by atoms with E-state index in [0.717, 1.165) is 16.0 Å². The number of fused-ring (bicyclic) bond motifs is 1. The van der Waals surface area contributed by atoms with E-state index >= 15 is 0 Å². The van der Waals surface area contributed by atoms with E-state index in [-0.39, 0.29) is 11.9 Å². The van der Waals surface area contributed by atoms with Crippen LogP contribution in [-0.4, -0.2) is 40.1 Å². The molecule has 28 heavy (non-hydrogen) atoms. The zero-order chi connectivity index (χ0) is 20.1. The van der Waals surface area contributed by atoms with Gasteiger partial charge in [-0.25, -0.2) is 0 Å². The Labute approximate surface area is 168 Å². The summed E-state index contributed by atoms with van der Waals surface area (Å²) in [5.74, 6) is 0.511. The maximum absolute atomic E-state index is 12.8. The van der Waals surface area contributed by atoms with E-state index < -0.39 is 0 Å². The van der Waals surface area contributed by atoms with Crippen molar-refractivity contribution >= 4 is 27.5 Å². The van der Waals surface area contributed by atoms with Gasteiger partial charge in [0.05, 0.1) is 23.4 Å². The van der Waals surface area contributed by atoms with Crippen LogP contribution < -0.4 is 9.54 Å². The number of carbonyl (C=O) groups excluding carboxylic acids is 1. The molecule has 0 spiro atoms. The molecule has 2 heterocycles. The van der Waals surface area contributed by atoms with Crippen LogP contribution in [0.25, 0.3) is 10.2 Å². The second kappa shape index (κ2) is 9.16. The molecule has 3 rings (SSSR count). The van der Waals surface area contributed by atoms with Crippen molar-refractivity contribution in [3.05, 3.63) is 41.0 Å². The molecular weight excluding hydrogens is 376 g/mol. The van der Waals surface area contributed by atoms with E-state index in [1.54, 1.807) is 16.9 Å². The Bertz CT molecular complexity index is 1020. The standard InChI is InChI=1S/C20H26N4O3S/c1-5-26-12-11-23-16-8-7-15(27-6-2)13-18(16)28-20(23)22-19(25)17-9-10-21-24(17)14(3)4/h7-10,13-14H,5-6,11-12H2,1-4H3. The third kappa shape index (κ3) is 4.34. The molecule has 0 bridgehead atoms. The smallest absolute Gasteiger partial charge is 0.297 e. The number of hydrogen-bond donors (Lipinski definition) is 0. The summed E-state index contributed by atoms with van der Waals surface area (Å²) in [4.78, 5) is 17.9. The quantitative estimate of drug-likeness (QED) is 0.539. The molecule has 0 aliphatic heterocycles. The number of thiazole rings is 1. The molecule has 150 valence electrons. The molecule has 2 aromatic heterocycles. The fourth-order valence-corrected chi connectivity index (χ4v) is 4.03. The summed E-state index contributed by atoms with van der Waals surface area (Å²) in [6, 6.07) is 7.73. The highest BCUT2D eigenvalue weighted by molar-refractivity contribution is 7.16. The Morgan fingerprint density at radius 2 is 2.07 bits per heavy atom. The predicted molar refractivity (Wildman–Crippen MR) is 110 cm³/mol. The number of ether oxygens (including phenoxy) is 2. The van der Waals surface area contributed by atoms with Gasteiger partial charge in [0.1, 0.15) is 11.4 Å². The molecule has 0 atom stereocenters. The molecule has 3 aromatic rings. The van der Waals surface area contributed by atoms with Crippen molar-refractivity contribution in [1.29, 1.82) is 0 Å². The number of aromatic nitrogens is 3. The SMILES string of the molecule is CCOCCn1c(=NC(=O)c2ccnn2C(C)C)sc2cc(OCC)ccc21. The first-order valence-electron chi connectivity index (χ1n) is 9.51. The summed E-state index contributed by atoms with van der Waals surface area (Å²) in [7, 11) is 0. The second-order valence-corrected chi connectivity index (χ2v) is 7.48. The lowest BCUT2D eigenvalue weighted by Gasteiger charge is -2.08. The third-order valence-corrected chi connectivity index (χ3v) is 5.25. The molecule has 0 N–H and O–H groups in total. The first-order valence-corrected chi connectivity index (χ1v) is 10.3. The number of rotatable bonds is 8. The van der Waals surface area contributed by atoms with Gasteiger partial charge >= 0.3 is 0 Å². The molecule has 0 aliphatic carbocycles. The van der Waals surface area contributed by atoms with E-state index in [2.05, 4.69) is 10.1 Å². The molecule has 0 aliphatic rings. The molecule has 1 amide bonds. The van der Waals surface area contributed by atoms with Crippen molar-refractivity contribution in [2.24, 2.45) is 4.99 Å². The second-order valence-electron chi connectivity index (χ2n) is 6.47. The molecule has 7 nitrogen and oxygen atoms in total. The van der Waals surface area contributed by atoms with Crippen molar-refractivity contribution in [3.63, 3.8) is 0 Å². The Morgan fingerprint density at radius 3 is 2.79 bits per heavy atom.